The third-order valence-corrected chi connectivity index (χ3v) is 3.03. The fourth-order valence-corrected chi connectivity index (χ4v) is 2.04. The number of halogens is 3. The van der Waals surface area contributed by atoms with Crippen LogP contribution in [0.2, 0.25) is 0 Å². The molecule has 1 aromatic carbocycles. The molecule has 25 heavy (non-hydrogen) atoms. The van der Waals surface area contributed by atoms with Crippen LogP contribution in [0.4, 0.5) is 24.9 Å². The van der Waals surface area contributed by atoms with E-state index >= 15 is 0 Å². The molecule has 0 aliphatic carbocycles. The number of aromatic nitrogens is 2. The van der Waals surface area contributed by atoms with Gasteiger partial charge in [-0.1, -0.05) is 12.1 Å². The molecule has 0 unspecified atom stereocenters. The van der Waals surface area contributed by atoms with Crippen molar-refractivity contribution in [3.63, 3.8) is 0 Å². The lowest BCUT2D eigenvalue weighted by Crippen LogP contribution is -2.17. The number of ether oxygens (including phenoxy) is 3. The van der Waals surface area contributed by atoms with E-state index in [1.807, 2.05) is 0 Å². The van der Waals surface area contributed by atoms with Crippen LogP contribution in [0.1, 0.15) is 6.42 Å². The van der Waals surface area contributed by atoms with E-state index in [1.54, 1.807) is 7.11 Å². The maximum atomic E-state index is 12.2. The van der Waals surface area contributed by atoms with Crippen LogP contribution in [0.15, 0.2) is 24.3 Å². The SMILES string of the molecule is COCCCOc1nc(N)nc(N)c1-c1ccc(OC(F)(F)F)cc1. The Morgan fingerprint density at radius 2 is 1.72 bits per heavy atom. The maximum absolute atomic E-state index is 12.2. The van der Waals surface area contributed by atoms with Gasteiger partial charge >= 0.3 is 6.36 Å². The average Bonchev–Trinajstić information content (AvgIpc) is 2.51. The molecular weight excluding hydrogens is 341 g/mol. The molecule has 10 heteroatoms. The molecule has 0 aliphatic rings. The van der Waals surface area contributed by atoms with Gasteiger partial charge in [-0.2, -0.15) is 9.97 Å². The van der Waals surface area contributed by atoms with Crippen molar-refractivity contribution in [1.29, 1.82) is 0 Å². The summed E-state index contributed by atoms with van der Waals surface area (Å²) in [6.45, 7) is 0.793. The van der Waals surface area contributed by atoms with Gasteiger partial charge in [-0.15, -0.1) is 13.2 Å². The van der Waals surface area contributed by atoms with E-state index in [0.717, 1.165) is 12.1 Å². The zero-order chi connectivity index (χ0) is 18.4. The van der Waals surface area contributed by atoms with E-state index in [-0.39, 0.29) is 23.4 Å². The van der Waals surface area contributed by atoms with E-state index in [9.17, 15) is 13.2 Å². The fraction of sp³-hybridized carbons (Fsp3) is 0.333. The van der Waals surface area contributed by atoms with E-state index < -0.39 is 6.36 Å². The maximum Gasteiger partial charge on any atom is 0.573 e. The number of alkyl halides is 3. The van der Waals surface area contributed by atoms with Crippen molar-refractivity contribution in [2.45, 2.75) is 12.8 Å². The number of nitrogens with zero attached hydrogens (tertiary/aromatic N) is 2. The average molecular weight is 358 g/mol. The van der Waals surface area contributed by atoms with Gasteiger partial charge in [0.25, 0.3) is 0 Å². The lowest BCUT2D eigenvalue weighted by molar-refractivity contribution is -0.274. The third-order valence-electron chi connectivity index (χ3n) is 3.03. The minimum Gasteiger partial charge on any atom is -0.477 e. The summed E-state index contributed by atoms with van der Waals surface area (Å²) in [4.78, 5) is 7.87. The first-order valence-electron chi connectivity index (χ1n) is 7.21. The van der Waals surface area contributed by atoms with Crippen molar-refractivity contribution in [3.05, 3.63) is 24.3 Å². The Balaban J connectivity index is 2.27. The van der Waals surface area contributed by atoms with Gasteiger partial charge in [-0.3, -0.25) is 0 Å². The van der Waals surface area contributed by atoms with Crippen LogP contribution in [-0.2, 0) is 4.74 Å². The number of nitrogens with two attached hydrogens (primary N) is 2. The Hall–Kier alpha value is -2.75. The Labute approximate surface area is 141 Å². The monoisotopic (exact) mass is 358 g/mol. The van der Waals surface area contributed by atoms with Crippen LogP contribution >= 0.6 is 0 Å². The van der Waals surface area contributed by atoms with Gasteiger partial charge in [-0.05, 0) is 17.7 Å². The third kappa shape index (κ3) is 5.38. The van der Waals surface area contributed by atoms with Crippen molar-refractivity contribution >= 4 is 11.8 Å². The summed E-state index contributed by atoms with van der Waals surface area (Å²) < 4.78 is 51.0. The Kier molecular flexibility index (Phi) is 5.86. The van der Waals surface area contributed by atoms with Crippen molar-refractivity contribution in [1.82, 2.24) is 9.97 Å². The number of hydrogen-bond donors (Lipinski definition) is 2. The molecule has 0 saturated heterocycles. The summed E-state index contributed by atoms with van der Waals surface area (Å²) in [6.07, 6.45) is -4.15. The lowest BCUT2D eigenvalue weighted by atomic mass is 10.1. The predicted molar refractivity (Wildman–Crippen MR) is 85.0 cm³/mol. The zero-order valence-electron chi connectivity index (χ0n) is 13.3. The van der Waals surface area contributed by atoms with E-state index in [2.05, 4.69) is 14.7 Å². The van der Waals surface area contributed by atoms with Crippen LogP contribution in [0, 0.1) is 0 Å². The highest BCUT2D eigenvalue weighted by atomic mass is 19.4. The van der Waals surface area contributed by atoms with Gasteiger partial charge in [0, 0.05) is 20.1 Å². The summed E-state index contributed by atoms with van der Waals surface area (Å²) in [5.74, 6) is -0.224. The summed E-state index contributed by atoms with van der Waals surface area (Å²) in [6, 6.07) is 5.11. The molecule has 1 heterocycles. The van der Waals surface area contributed by atoms with Crippen LogP contribution in [0.5, 0.6) is 11.6 Å². The van der Waals surface area contributed by atoms with Crippen LogP contribution in [-0.4, -0.2) is 36.7 Å². The van der Waals surface area contributed by atoms with Gasteiger partial charge in [0.15, 0.2) is 0 Å². The summed E-state index contributed by atoms with van der Waals surface area (Å²) in [7, 11) is 1.57. The smallest absolute Gasteiger partial charge is 0.477 e. The molecular formula is C15H17F3N4O3. The lowest BCUT2D eigenvalue weighted by Gasteiger charge is -2.14. The second kappa shape index (κ2) is 7.88. The highest BCUT2D eigenvalue weighted by Gasteiger charge is 2.31. The molecule has 4 N–H and O–H groups in total. The first kappa shape index (κ1) is 18.6. The predicted octanol–water partition coefficient (Wildman–Crippen LogP) is 2.62. The van der Waals surface area contributed by atoms with E-state index in [4.69, 9.17) is 20.9 Å². The molecule has 0 aliphatic heterocycles. The van der Waals surface area contributed by atoms with Gasteiger partial charge in [0.1, 0.15) is 11.6 Å². The van der Waals surface area contributed by atoms with Gasteiger partial charge in [0.2, 0.25) is 11.8 Å². The first-order chi connectivity index (χ1) is 11.8. The molecule has 2 aromatic rings. The van der Waals surface area contributed by atoms with Gasteiger partial charge in [-0.25, -0.2) is 0 Å². The number of rotatable bonds is 7. The number of benzene rings is 1. The summed E-state index contributed by atoms with van der Waals surface area (Å²) in [5, 5.41) is 0. The van der Waals surface area contributed by atoms with E-state index in [0.29, 0.717) is 30.8 Å². The second-order valence-corrected chi connectivity index (χ2v) is 4.91. The summed E-state index contributed by atoms with van der Waals surface area (Å²) >= 11 is 0. The highest BCUT2D eigenvalue weighted by Crippen LogP contribution is 2.35. The zero-order valence-corrected chi connectivity index (χ0v) is 13.3. The second-order valence-electron chi connectivity index (χ2n) is 4.91. The van der Waals surface area contributed by atoms with Gasteiger partial charge < -0.3 is 25.7 Å². The molecule has 0 amide bonds. The number of methoxy groups -OCH3 is 1. The molecule has 0 spiro atoms. The van der Waals surface area contributed by atoms with Gasteiger partial charge in [0.05, 0.1) is 12.2 Å². The molecule has 0 fully saturated rings. The summed E-state index contributed by atoms with van der Waals surface area (Å²) in [5.41, 5.74) is 12.3. The molecule has 7 nitrogen and oxygen atoms in total. The minimum atomic E-state index is -4.76. The largest absolute Gasteiger partial charge is 0.573 e. The van der Waals surface area contributed by atoms with Crippen LogP contribution in [0.25, 0.3) is 11.1 Å². The highest BCUT2D eigenvalue weighted by molar-refractivity contribution is 5.79. The number of nitrogen functional groups attached to an aromatic ring is 2. The number of hydrogen-bond acceptors (Lipinski definition) is 7. The van der Waals surface area contributed by atoms with Crippen molar-refractivity contribution in [2.24, 2.45) is 0 Å². The minimum absolute atomic E-state index is 0.0544. The quantitative estimate of drug-likeness (QED) is 0.733. The Morgan fingerprint density at radius 1 is 1.04 bits per heavy atom. The van der Waals surface area contributed by atoms with Crippen molar-refractivity contribution < 1.29 is 27.4 Å². The number of anilines is 2. The molecule has 0 radical (unpaired) electrons. The molecule has 2 rings (SSSR count). The van der Waals surface area contributed by atoms with Crippen LogP contribution < -0.4 is 20.9 Å². The topological polar surface area (TPSA) is 106 Å². The molecule has 136 valence electrons. The molecule has 1 aromatic heterocycles. The normalized spacial score (nSPS) is 11.4. The Morgan fingerprint density at radius 3 is 2.32 bits per heavy atom. The fourth-order valence-electron chi connectivity index (χ4n) is 2.04. The standard InChI is InChI=1S/C15H17F3N4O3/c1-23-7-2-8-24-13-11(12(19)21-14(20)22-13)9-3-5-10(6-4-9)25-15(16,17)18/h3-6H,2,7-8H2,1H3,(H4,19,20,21,22). The van der Waals surface area contributed by atoms with Crippen molar-refractivity contribution in [3.8, 4) is 22.8 Å². The van der Waals surface area contributed by atoms with E-state index in [1.165, 1.54) is 12.1 Å². The first-order valence-corrected chi connectivity index (χ1v) is 7.21. The Bertz CT molecular complexity index is 708. The molecule has 0 saturated carbocycles. The molecule has 0 bridgehead atoms. The molecule has 0 atom stereocenters. The van der Waals surface area contributed by atoms with Crippen molar-refractivity contribution in [2.75, 3.05) is 31.8 Å². The van der Waals surface area contributed by atoms with Crippen LogP contribution in [0.3, 0.4) is 0 Å².